The molecule has 1 aliphatic carbocycles. The van der Waals surface area contributed by atoms with E-state index in [1.165, 1.54) is 18.2 Å². The summed E-state index contributed by atoms with van der Waals surface area (Å²) < 4.78 is 14.9. The maximum atomic E-state index is 14.9. The Balaban J connectivity index is 2.34. The van der Waals surface area contributed by atoms with E-state index in [1.54, 1.807) is 0 Å². The summed E-state index contributed by atoms with van der Waals surface area (Å²) in [5.41, 5.74) is 5.11. The van der Waals surface area contributed by atoms with Crippen LogP contribution in [0.15, 0.2) is 41.1 Å². The topological polar surface area (TPSA) is 101 Å². The van der Waals surface area contributed by atoms with E-state index in [0.717, 1.165) is 13.0 Å². The van der Waals surface area contributed by atoms with Crippen LogP contribution in [0.2, 0.25) is 5.02 Å². The normalized spacial score (nSPS) is 23.8. The van der Waals surface area contributed by atoms with Gasteiger partial charge in [0.25, 0.3) is 0 Å². The highest BCUT2D eigenvalue weighted by atomic mass is 35.5. The van der Waals surface area contributed by atoms with Crippen molar-refractivity contribution in [2.75, 3.05) is 19.6 Å². The van der Waals surface area contributed by atoms with Crippen LogP contribution in [-0.4, -0.2) is 24.5 Å². The molecule has 28 heavy (non-hydrogen) atoms. The molecule has 2 atom stereocenters. The van der Waals surface area contributed by atoms with E-state index in [9.17, 15) is 20.2 Å². The van der Waals surface area contributed by atoms with Gasteiger partial charge in [-0.2, -0.15) is 15.8 Å². The number of halogens is 2. The van der Waals surface area contributed by atoms with Gasteiger partial charge >= 0.3 is 0 Å². The Morgan fingerprint density at radius 1 is 1.32 bits per heavy atom. The lowest BCUT2D eigenvalue weighted by Gasteiger charge is -2.45. The van der Waals surface area contributed by atoms with Crippen molar-refractivity contribution in [1.82, 2.24) is 4.90 Å². The van der Waals surface area contributed by atoms with Crippen molar-refractivity contribution in [3.63, 3.8) is 0 Å². The molecule has 1 aromatic rings. The molecule has 0 spiro atoms. The highest BCUT2D eigenvalue weighted by molar-refractivity contribution is 6.31. The molecule has 5 nitrogen and oxygen atoms in total. The third kappa shape index (κ3) is 2.85. The van der Waals surface area contributed by atoms with E-state index in [0.29, 0.717) is 18.7 Å². The van der Waals surface area contributed by atoms with Crippen LogP contribution in [0.4, 0.5) is 4.39 Å². The quantitative estimate of drug-likeness (QED) is 0.842. The standard InChI is InChI=1S/C21H19ClFN5/c1-2-7-28-8-6-13-14(9-24)20(27)21(11-25,12-26)19(15(13)10-28)18-16(22)4-3-5-17(18)23/h3-6,15,19H,2,7-8,10,27H2,1H3/t15-,19+/m1/s1. The first kappa shape index (κ1) is 19.9. The molecule has 0 amide bonds. The fraction of sp³-hybridized carbons (Fsp3) is 0.381. The van der Waals surface area contributed by atoms with E-state index >= 15 is 0 Å². The zero-order valence-electron chi connectivity index (χ0n) is 15.4. The summed E-state index contributed by atoms with van der Waals surface area (Å²) in [6.45, 7) is 3.98. The van der Waals surface area contributed by atoms with E-state index in [4.69, 9.17) is 17.3 Å². The number of rotatable bonds is 3. The zero-order chi connectivity index (χ0) is 20.5. The van der Waals surface area contributed by atoms with Gasteiger partial charge in [-0.15, -0.1) is 0 Å². The van der Waals surface area contributed by atoms with Gasteiger partial charge in [0.05, 0.1) is 23.4 Å². The number of fused-ring (bicyclic) bond motifs is 1. The molecule has 1 aliphatic heterocycles. The molecular weight excluding hydrogens is 377 g/mol. The number of allylic oxidation sites excluding steroid dienone is 2. The molecule has 7 heteroatoms. The maximum Gasteiger partial charge on any atom is 0.191 e. The monoisotopic (exact) mass is 395 g/mol. The predicted octanol–water partition coefficient (Wildman–Crippen LogP) is 3.61. The number of nitrogens with zero attached hydrogens (tertiary/aromatic N) is 4. The summed E-state index contributed by atoms with van der Waals surface area (Å²) in [5, 5.41) is 29.8. The first-order valence-corrected chi connectivity index (χ1v) is 9.42. The lowest BCUT2D eigenvalue weighted by Crippen LogP contribution is -2.48. The molecule has 2 N–H and O–H groups in total. The molecule has 0 unspecified atom stereocenters. The van der Waals surface area contributed by atoms with Gasteiger partial charge in [-0.3, -0.25) is 4.90 Å². The summed E-state index contributed by atoms with van der Waals surface area (Å²) >= 11 is 6.34. The molecule has 0 saturated carbocycles. The average molecular weight is 396 g/mol. The minimum Gasteiger partial charge on any atom is -0.399 e. The second-order valence-electron chi connectivity index (χ2n) is 7.07. The molecule has 0 saturated heterocycles. The minimum atomic E-state index is -1.88. The molecule has 0 bridgehead atoms. The Morgan fingerprint density at radius 2 is 2.04 bits per heavy atom. The fourth-order valence-electron chi connectivity index (χ4n) is 4.36. The lowest BCUT2D eigenvalue weighted by atomic mass is 9.58. The van der Waals surface area contributed by atoms with Gasteiger partial charge < -0.3 is 5.73 Å². The smallest absolute Gasteiger partial charge is 0.191 e. The second-order valence-corrected chi connectivity index (χ2v) is 7.48. The van der Waals surface area contributed by atoms with E-state index < -0.39 is 23.1 Å². The van der Waals surface area contributed by atoms with E-state index in [-0.39, 0.29) is 21.9 Å². The number of hydrogen-bond acceptors (Lipinski definition) is 5. The molecule has 2 aliphatic rings. The largest absolute Gasteiger partial charge is 0.399 e. The molecule has 3 rings (SSSR count). The third-order valence-corrected chi connectivity index (χ3v) is 5.92. The number of benzene rings is 1. The average Bonchev–Trinajstić information content (AvgIpc) is 2.69. The Kier molecular flexibility index (Phi) is 5.43. The van der Waals surface area contributed by atoms with Gasteiger partial charge in [-0.25, -0.2) is 4.39 Å². The predicted molar refractivity (Wildman–Crippen MR) is 103 cm³/mol. The van der Waals surface area contributed by atoms with Crippen LogP contribution in [0.5, 0.6) is 0 Å². The first-order valence-electron chi connectivity index (χ1n) is 9.04. The van der Waals surface area contributed by atoms with Gasteiger partial charge in [0.2, 0.25) is 0 Å². The van der Waals surface area contributed by atoms with Crippen LogP contribution >= 0.6 is 11.6 Å². The van der Waals surface area contributed by atoms with Crippen LogP contribution in [0.3, 0.4) is 0 Å². The maximum absolute atomic E-state index is 14.9. The first-order chi connectivity index (χ1) is 13.4. The van der Waals surface area contributed by atoms with Crippen molar-refractivity contribution in [2.24, 2.45) is 17.1 Å². The Bertz CT molecular complexity index is 957. The number of hydrogen-bond donors (Lipinski definition) is 1. The molecule has 1 heterocycles. The SMILES string of the molecule is CCCN1CC=C2C(C#N)=C(N)C(C#N)(C#N)[C@H](c3c(F)cccc3Cl)[C@@H]2C1. The van der Waals surface area contributed by atoms with Crippen molar-refractivity contribution < 1.29 is 4.39 Å². The Labute approximate surface area is 168 Å². The number of nitrogens with two attached hydrogens (primary N) is 1. The van der Waals surface area contributed by atoms with Crippen molar-refractivity contribution in [3.8, 4) is 18.2 Å². The Hall–Kier alpha value is -2.85. The summed E-state index contributed by atoms with van der Waals surface area (Å²) in [7, 11) is 0. The van der Waals surface area contributed by atoms with Gasteiger partial charge in [0.15, 0.2) is 5.41 Å². The second kappa shape index (κ2) is 7.64. The molecular formula is C21H19ClFN5. The molecule has 0 fully saturated rings. The van der Waals surface area contributed by atoms with Crippen molar-refractivity contribution >= 4 is 11.6 Å². The van der Waals surface area contributed by atoms with Crippen molar-refractivity contribution in [1.29, 1.82) is 15.8 Å². The van der Waals surface area contributed by atoms with Crippen LogP contribution < -0.4 is 5.73 Å². The minimum absolute atomic E-state index is 0.0986. The van der Waals surface area contributed by atoms with Crippen molar-refractivity contribution in [2.45, 2.75) is 19.3 Å². The molecule has 1 aromatic carbocycles. The third-order valence-electron chi connectivity index (χ3n) is 5.59. The van der Waals surface area contributed by atoms with Crippen LogP contribution in [0.1, 0.15) is 24.8 Å². The van der Waals surface area contributed by atoms with Gasteiger partial charge in [0, 0.05) is 35.5 Å². The summed E-state index contributed by atoms with van der Waals surface area (Å²) in [4.78, 5) is 2.16. The number of nitriles is 3. The summed E-state index contributed by atoms with van der Waals surface area (Å²) in [6.07, 6.45) is 2.82. The molecule has 0 radical (unpaired) electrons. The fourth-order valence-corrected chi connectivity index (χ4v) is 4.64. The van der Waals surface area contributed by atoms with Gasteiger partial charge in [-0.05, 0) is 30.7 Å². The molecule has 142 valence electrons. The molecule has 0 aromatic heterocycles. The van der Waals surface area contributed by atoms with Crippen LogP contribution in [-0.2, 0) is 0 Å². The van der Waals surface area contributed by atoms with E-state index in [2.05, 4.69) is 17.9 Å². The summed E-state index contributed by atoms with van der Waals surface area (Å²) in [5.74, 6) is -1.96. The van der Waals surface area contributed by atoms with Crippen LogP contribution in [0, 0.1) is 51.1 Å². The van der Waals surface area contributed by atoms with Gasteiger partial charge in [0.1, 0.15) is 11.9 Å². The highest BCUT2D eigenvalue weighted by Gasteiger charge is 2.55. The van der Waals surface area contributed by atoms with Crippen LogP contribution in [0.25, 0.3) is 0 Å². The van der Waals surface area contributed by atoms with Crippen molar-refractivity contribution in [3.05, 3.63) is 57.5 Å². The highest BCUT2D eigenvalue weighted by Crippen LogP contribution is 2.55. The zero-order valence-corrected chi connectivity index (χ0v) is 16.2. The Morgan fingerprint density at radius 3 is 2.61 bits per heavy atom. The summed E-state index contributed by atoms with van der Waals surface area (Å²) in [6, 6.07) is 10.3. The lowest BCUT2D eigenvalue weighted by molar-refractivity contribution is 0.205. The van der Waals surface area contributed by atoms with Gasteiger partial charge in [-0.1, -0.05) is 30.7 Å². The van der Waals surface area contributed by atoms with E-state index in [1.807, 2.05) is 18.2 Å².